The Bertz CT molecular complexity index is 903. The molecule has 27 heavy (non-hydrogen) atoms. The number of ether oxygens (including phenoxy) is 1. The van der Waals surface area contributed by atoms with E-state index in [0.29, 0.717) is 5.69 Å². The molecule has 0 saturated heterocycles. The quantitative estimate of drug-likeness (QED) is 0.680. The van der Waals surface area contributed by atoms with Crippen molar-refractivity contribution in [3.63, 3.8) is 0 Å². The highest BCUT2D eigenvalue weighted by Gasteiger charge is 2.29. The van der Waals surface area contributed by atoms with Gasteiger partial charge in [0.25, 0.3) is 5.91 Å². The van der Waals surface area contributed by atoms with Gasteiger partial charge in [0.15, 0.2) is 6.61 Å². The lowest BCUT2D eigenvalue weighted by atomic mass is 10.2. The number of nitrogens with one attached hydrogen (secondary N) is 2. The number of amides is 2. The lowest BCUT2D eigenvalue weighted by Crippen LogP contribution is -2.32. The summed E-state index contributed by atoms with van der Waals surface area (Å²) in [5, 5.41) is 4.86. The lowest BCUT2D eigenvalue weighted by Gasteiger charge is -2.23. The molecule has 2 amide bonds. The van der Waals surface area contributed by atoms with Gasteiger partial charge in [-0.25, -0.2) is 0 Å². The number of rotatable bonds is 5. The zero-order chi connectivity index (χ0) is 19.4. The van der Waals surface area contributed by atoms with Crippen LogP contribution in [-0.2, 0) is 19.1 Å². The monoisotopic (exact) mass is 448 g/mol. The average Bonchev–Trinajstić information content (AvgIpc) is 2.64. The van der Waals surface area contributed by atoms with Gasteiger partial charge in [-0.05, 0) is 42.8 Å². The zero-order valence-corrected chi connectivity index (χ0v) is 16.9. The molecule has 1 atom stereocenters. The SMILES string of the molecule is Cc1cc(NC(=O)COC(=O)C[C@@H]2Sc3ccccc3NC2=O)ccc1Br. The van der Waals surface area contributed by atoms with Crippen molar-refractivity contribution in [2.24, 2.45) is 0 Å². The number of carbonyl (C=O) groups excluding carboxylic acids is 3. The van der Waals surface area contributed by atoms with Crippen LogP contribution >= 0.6 is 27.7 Å². The number of para-hydroxylation sites is 1. The van der Waals surface area contributed by atoms with Crippen LogP contribution in [0.4, 0.5) is 11.4 Å². The van der Waals surface area contributed by atoms with Crippen molar-refractivity contribution in [2.45, 2.75) is 23.5 Å². The summed E-state index contributed by atoms with van der Waals surface area (Å²) in [6.07, 6.45) is -0.102. The molecule has 3 rings (SSSR count). The molecule has 2 N–H and O–H groups in total. The summed E-state index contributed by atoms with van der Waals surface area (Å²) in [6, 6.07) is 12.8. The summed E-state index contributed by atoms with van der Waals surface area (Å²) in [5.41, 5.74) is 2.34. The van der Waals surface area contributed by atoms with Crippen LogP contribution in [0.25, 0.3) is 0 Å². The van der Waals surface area contributed by atoms with E-state index in [1.165, 1.54) is 11.8 Å². The molecular formula is C19H17BrN2O4S. The van der Waals surface area contributed by atoms with E-state index < -0.39 is 23.7 Å². The predicted octanol–water partition coefficient (Wildman–Crippen LogP) is 3.74. The number of hydrogen-bond acceptors (Lipinski definition) is 5. The van der Waals surface area contributed by atoms with Gasteiger partial charge in [0.2, 0.25) is 5.91 Å². The molecule has 0 spiro atoms. The number of hydrogen-bond donors (Lipinski definition) is 2. The average molecular weight is 449 g/mol. The summed E-state index contributed by atoms with van der Waals surface area (Å²) < 4.78 is 5.96. The first-order valence-corrected chi connectivity index (χ1v) is 9.88. The fraction of sp³-hybridized carbons (Fsp3) is 0.211. The second kappa shape index (κ2) is 8.58. The summed E-state index contributed by atoms with van der Waals surface area (Å²) >= 11 is 4.71. The third-order valence-corrected chi connectivity index (χ3v) is 6.03. The Morgan fingerprint density at radius 3 is 2.81 bits per heavy atom. The number of thioether (sulfide) groups is 1. The maximum Gasteiger partial charge on any atom is 0.307 e. The highest BCUT2D eigenvalue weighted by atomic mass is 79.9. The number of benzene rings is 2. The topological polar surface area (TPSA) is 84.5 Å². The Hall–Kier alpha value is -2.32. The summed E-state index contributed by atoms with van der Waals surface area (Å²) in [7, 11) is 0. The molecule has 2 aromatic carbocycles. The van der Waals surface area contributed by atoms with Crippen LogP contribution in [0.3, 0.4) is 0 Å². The first kappa shape index (κ1) is 19.4. The largest absolute Gasteiger partial charge is 0.456 e. The minimum Gasteiger partial charge on any atom is -0.456 e. The first-order chi connectivity index (χ1) is 12.9. The Morgan fingerprint density at radius 1 is 1.26 bits per heavy atom. The molecule has 6 nitrogen and oxygen atoms in total. The Kier molecular flexibility index (Phi) is 6.18. The van der Waals surface area contributed by atoms with Gasteiger partial charge in [-0.15, -0.1) is 11.8 Å². The van der Waals surface area contributed by atoms with E-state index in [-0.39, 0.29) is 12.3 Å². The number of aryl methyl sites for hydroxylation is 1. The standard InChI is InChI=1S/C19H17BrN2O4S/c1-11-8-12(6-7-13(11)20)21-17(23)10-26-18(24)9-16-19(25)22-14-4-2-3-5-15(14)27-16/h2-8,16H,9-10H2,1H3,(H,21,23)(H,22,25)/t16-/m0/s1. The van der Waals surface area contributed by atoms with Crippen molar-refractivity contribution in [3.8, 4) is 0 Å². The third kappa shape index (κ3) is 5.11. The van der Waals surface area contributed by atoms with Crippen LogP contribution in [0.15, 0.2) is 51.8 Å². The van der Waals surface area contributed by atoms with Crippen molar-refractivity contribution in [2.75, 3.05) is 17.2 Å². The zero-order valence-electron chi connectivity index (χ0n) is 14.5. The smallest absolute Gasteiger partial charge is 0.307 e. The summed E-state index contributed by atoms with van der Waals surface area (Å²) in [5.74, 6) is -1.27. The van der Waals surface area contributed by atoms with Crippen LogP contribution in [0.2, 0.25) is 0 Å². The molecule has 140 valence electrons. The molecule has 0 aliphatic carbocycles. The van der Waals surface area contributed by atoms with Crippen molar-refractivity contribution in [1.29, 1.82) is 0 Å². The van der Waals surface area contributed by atoms with Gasteiger partial charge in [0.05, 0.1) is 17.4 Å². The second-order valence-electron chi connectivity index (χ2n) is 5.97. The number of carbonyl (C=O) groups is 3. The predicted molar refractivity (Wildman–Crippen MR) is 108 cm³/mol. The normalized spacial score (nSPS) is 15.5. The van der Waals surface area contributed by atoms with E-state index >= 15 is 0 Å². The molecule has 0 fully saturated rings. The Morgan fingerprint density at radius 2 is 2.04 bits per heavy atom. The van der Waals surface area contributed by atoms with Gasteiger partial charge < -0.3 is 15.4 Å². The van der Waals surface area contributed by atoms with E-state index in [1.54, 1.807) is 6.07 Å². The lowest BCUT2D eigenvalue weighted by molar-refractivity contribution is -0.147. The second-order valence-corrected chi connectivity index (χ2v) is 8.07. The van der Waals surface area contributed by atoms with Crippen molar-refractivity contribution < 1.29 is 19.1 Å². The molecule has 0 aromatic heterocycles. The molecule has 0 saturated carbocycles. The van der Waals surface area contributed by atoms with Gasteiger partial charge in [0.1, 0.15) is 0 Å². The van der Waals surface area contributed by atoms with Crippen molar-refractivity contribution in [3.05, 3.63) is 52.5 Å². The van der Waals surface area contributed by atoms with E-state index in [1.807, 2.05) is 43.3 Å². The summed E-state index contributed by atoms with van der Waals surface area (Å²) in [4.78, 5) is 37.0. The van der Waals surface area contributed by atoms with Gasteiger partial charge in [0, 0.05) is 15.1 Å². The molecule has 0 bridgehead atoms. The van der Waals surface area contributed by atoms with Crippen LogP contribution in [0.5, 0.6) is 0 Å². The molecule has 0 radical (unpaired) electrons. The number of fused-ring (bicyclic) bond motifs is 1. The number of halogens is 1. The van der Waals surface area contributed by atoms with E-state index in [2.05, 4.69) is 26.6 Å². The minimum absolute atomic E-state index is 0.102. The van der Waals surface area contributed by atoms with Crippen molar-refractivity contribution in [1.82, 2.24) is 0 Å². The Balaban J connectivity index is 1.49. The van der Waals surface area contributed by atoms with Crippen LogP contribution in [0, 0.1) is 6.92 Å². The minimum atomic E-state index is -0.593. The molecule has 2 aromatic rings. The van der Waals surface area contributed by atoms with E-state index in [0.717, 1.165) is 20.6 Å². The van der Waals surface area contributed by atoms with Crippen LogP contribution < -0.4 is 10.6 Å². The molecule has 8 heteroatoms. The van der Waals surface area contributed by atoms with Crippen molar-refractivity contribution >= 4 is 56.9 Å². The van der Waals surface area contributed by atoms with E-state index in [4.69, 9.17) is 4.74 Å². The third-order valence-electron chi connectivity index (χ3n) is 3.86. The van der Waals surface area contributed by atoms with Gasteiger partial charge >= 0.3 is 5.97 Å². The molecule has 1 aliphatic heterocycles. The Labute approximate surface area is 169 Å². The van der Waals surface area contributed by atoms with E-state index in [9.17, 15) is 14.4 Å². The van der Waals surface area contributed by atoms with Gasteiger partial charge in [-0.3, -0.25) is 14.4 Å². The number of esters is 1. The molecule has 1 aliphatic rings. The van der Waals surface area contributed by atoms with Crippen LogP contribution in [-0.4, -0.2) is 29.6 Å². The fourth-order valence-electron chi connectivity index (χ4n) is 2.50. The maximum absolute atomic E-state index is 12.1. The highest BCUT2D eigenvalue weighted by molar-refractivity contribution is 9.10. The van der Waals surface area contributed by atoms with Gasteiger partial charge in [-0.1, -0.05) is 28.1 Å². The van der Waals surface area contributed by atoms with Crippen LogP contribution in [0.1, 0.15) is 12.0 Å². The summed E-state index contributed by atoms with van der Waals surface area (Å²) in [6.45, 7) is 1.51. The number of anilines is 2. The fourth-order valence-corrected chi connectivity index (χ4v) is 3.84. The first-order valence-electron chi connectivity index (χ1n) is 8.20. The van der Waals surface area contributed by atoms with Gasteiger partial charge in [-0.2, -0.15) is 0 Å². The molecule has 0 unspecified atom stereocenters. The molecule has 1 heterocycles. The molecular weight excluding hydrogens is 432 g/mol. The maximum atomic E-state index is 12.1. The highest BCUT2D eigenvalue weighted by Crippen LogP contribution is 2.36.